The Labute approximate surface area is 274 Å². The van der Waals surface area contributed by atoms with Crippen LogP contribution < -0.4 is 29.1 Å². The molecular weight excluding hydrogens is 627 g/mol. The first-order chi connectivity index (χ1) is 22.7. The van der Waals surface area contributed by atoms with E-state index >= 15 is 0 Å². The zero-order valence-electron chi connectivity index (χ0n) is 26.3. The molecule has 0 saturated heterocycles. The van der Waals surface area contributed by atoms with Crippen molar-refractivity contribution in [2.24, 2.45) is 4.99 Å². The number of hydrogen-bond donors (Lipinski definition) is 0. The SMILES string of the molecule is CCOC(=O)C1=C(C)N=c2s/c(=C\c3ccccc3OCc3ccccc3F)c(=O)n2[C@@H]1c1ccc(OCC(=O)OC)c(OCC)c1. The van der Waals surface area contributed by atoms with Gasteiger partial charge in [0.15, 0.2) is 22.9 Å². The summed E-state index contributed by atoms with van der Waals surface area (Å²) in [5.74, 6) is -0.476. The molecule has 244 valence electrons. The zero-order chi connectivity index (χ0) is 33.5. The summed E-state index contributed by atoms with van der Waals surface area (Å²) in [6.07, 6.45) is 1.69. The number of esters is 2. The third-order valence-electron chi connectivity index (χ3n) is 7.22. The van der Waals surface area contributed by atoms with Crippen LogP contribution in [0.15, 0.2) is 87.8 Å². The first kappa shape index (κ1) is 33.1. The normalized spacial score (nSPS) is 14.2. The van der Waals surface area contributed by atoms with Gasteiger partial charge in [-0.3, -0.25) is 9.36 Å². The summed E-state index contributed by atoms with van der Waals surface area (Å²) in [5.41, 5.74) is 1.76. The molecule has 0 spiro atoms. The van der Waals surface area contributed by atoms with Gasteiger partial charge in [0, 0.05) is 11.1 Å². The van der Waals surface area contributed by atoms with Crippen LogP contribution in [0.5, 0.6) is 17.2 Å². The van der Waals surface area contributed by atoms with Crippen LogP contribution in [-0.2, 0) is 25.7 Å². The molecular formula is C35H33FN2O8S. The molecule has 0 unspecified atom stereocenters. The number of ether oxygens (including phenoxy) is 5. The molecule has 12 heteroatoms. The van der Waals surface area contributed by atoms with E-state index in [2.05, 4.69) is 9.73 Å². The molecule has 1 atom stereocenters. The van der Waals surface area contributed by atoms with Crippen molar-refractivity contribution in [3.63, 3.8) is 0 Å². The van der Waals surface area contributed by atoms with E-state index in [4.69, 9.17) is 18.9 Å². The molecule has 0 saturated carbocycles. The maximum absolute atomic E-state index is 14.2. The summed E-state index contributed by atoms with van der Waals surface area (Å²) in [5, 5.41) is 0. The number of thiazole rings is 1. The van der Waals surface area contributed by atoms with Gasteiger partial charge in [0.1, 0.15) is 18.2 Å². The minimum atomic E-state index is -0.908. The maximum atomic E-state index is 14.2. The summed E-state index contributed by atoms with van der Waals surface area (Å²) in [7, 11) is 1.26. The van der Waals surface area contributed by atoms with E-state index in [1.807, 2.05) is 6.07 Å². The first-order valence-electron chi connectivity index (χ1n) is 14.9. The number of benzene rings is 3. The van der Waals surface area contributed by atoms with E-state index in [0.29, 0.717) is 55.6 Å². The van der Waals surface area contributed by atoms with Gasteiger partial charge in [0.25, 0.3) is 5.56 Å². The molecule has 1 aliphatic heterocycles. The Balaban J connectivity index is 1.60. The molecule has 0 radical (unpaired) electrons. The Morgan fingerprint density at radius 2 is 1.72 bits per heavy atom. The first-order valence-corrected chi connectivity index (χ1v) is 15.7. The number of nitrogens with zero attached hydrogens (tertiary/aromatic N) is 2. The molecule has 2 heterocycles. The zero-order valence-corrected chi connectivity index (χ0v) is 27.1. The number of carbonyl (C=O) groups is 2. The average molecular weight is 661 g/mol. The van der Waals surface area contributed by atoms with Gasteiger partial charge in [-0.1, -0.05) is 53.8 Å². The van der Waals surface area contributed by atoms with Gasteiger partial charge in [-0.25, -0.2) is 19.0 Å². The lowest BCUT2D eigenvalue weighted by molar-refractivity contribution is -0.143. The van der Waals surface area contributed by atoms with Crippen LogP contribution in [0.3, 0.4) is 0 Å². The fraction of sp³-hybridized carbons (Fsp3) is 0.257. The third kappa shape index (κ3) is 7.28. The van der Waals surface area contributed by atoms with Gasteiger partial charge >= 0.3 is 11.9 Å². The number of methoxy groups -OCH3 is 1. The van der Waals surface area contributed by atoms with Crippen LogP contribution in [-0.4, -0.2) is 43.4 Å². The number of aromatic nitrogens is 1. The molecule has 5 rings (SSSR count). The monoisotopic (exact) mass is 660 g/mol. The number of halogens is 1. The van der Waals surface area contributed by atoms with E-state index in [0.717, 1.165) is 11.3 Å². The topological polar surface area (TPSA) is 115 Å². The molecule has 47 heavy (non-hydrogen) atoms. The van der Waals surface area contributed by atoms with E-state index in [1.54, 1.807) is 81.4 Å². The summed E-state index contributed by atoms with van der Waals surface area (Å²) in [6, 6.07) is 17.6. The van der Waals surface area contributed by atoms with Crippen molar-refractivity contribution in [1.29, 1.82) is 0 Å². The van der Waals surface area contributed by atoms with E-state index < -0.39 is 18.0 Å². The van der Waals surface area contributed by atoms with Gasteiger partial charge in [0.2, 0.25) is 0 Å². The highest BCUT2D eigenvalue weighted by molar-refractivity contribution is 7.07. The highest BCUT2D eigenvalue weighted by Gasteiger charge is 2.34. The molecule has 0 bridgehead atoms. The van der Waals surface area contributed by atoms with Crippen molar-refractivity contribution < 1.29 is 37.7 Å². The van der Waals surface area contributed by atoms with Crippen LogP contribution in [0.2, 0.25) is 0 Å². The second kappa shape index (κ2) is 14.9. The summed E-state index contributed by atoms with van der Waals surface area (Å²) < 4.78 is 43.5. The average Bonchev–Trinajstić information content (AvgIpc) is 3.37. The van der Waals surface area contributed by atoms with Crippen molar-refractivity contribution in [3.8, 4) is 17.2 Å². The largest absolute Gasteiger partial charge is 0.490 e. The predicted molar refractivity (Wildman–Crippen MR) is 173 cm³/mol. The predicted octanol–water partition coefficient (Wildman–Crippen LogP) is 4.47. The number of fused-ring (bicyclic) bond motifs is 1. The van der Waals surface area contributed by atoms with Crippen molar-refractivity contribution in [1.82, 2.24) is 4.57 Å². The number of allylic oxidation sites excluding steroid dienone is 1. The minimum Gasteiger partial charge on any atom is -0.490 e. The lowest BCUT2D eigenvalue weighted by Gasteiger charge is -2.25. The van der Waals surface area contributed by atoms with Crippen LogP contribution in [0.25, 0.3) is 6.08 Å². The number of hydrogen-bond acceptors (Lipinski definition) is 10. The van der Waals surface area contributed by atoms with Gasteiger partial charge in [0.05, 0.1) is 42.2 Å². The van der Waals surface area contributed by atoms with Crippen molar-refractivity contribution >= 4 is 29.4 Å². The molecule has 0 amide bonds. The Hall–Kier alpha value is -5.23. The molecule has 0 N–H and O–H groups in total. The van der Waals surface area contributed by atoms with Gasteiger partial charge in [-0.2, -0.15) is 0 Å². The van der Waals surface area contributed by atoms with Crippen molar-refractivity contribution in [2.75, 3.05) is 26.9 Å². The molecule has 1 aromatic heterocycles. The van der Waals surface area contributed by atoms with Crippen LogP contribution >= 0.6 is 11.3 Å². The molecule has 4 aromatic rings. The van der Waals surface area contributed by atoms with Gasteiger partial charge in [-0.15, -0.1) is 0 Å². The highest BCUT2D eigenvalue weighted by atomic mass is 32.1. The Morgan fingerprint density at radius 3 is 2.47 bits per heavy atom. The molecule has 0 aliphatic carbocycles. The number of para-hydroxylation sites is 1. The molecule has 0 fully saturated rings. The lowest BCUT2D eigenvalue weighted by Crippen LogP contribution is -2.40. The molecule has 1 aliphatic rings. The van der Waals surface area contributed by atoms with Crippen molar-refractivity contribution in [3.05, 3.63) is 120 Å². The summed E-state index contributed by atoms with van der Waals surface area (Å²) >= 11 is 1.16. The Morgan fingerprint density at radius 1 is 0.957 bits per heavy atom. The fourth-order valence-corrected chi connectivity index (χ4v) is 6.07. The van der Waals surface area contributed by atoms with Crippen molar-refractivity contribution in [2.45, 2.75) is 33.4 Å². The number of rotatable bonds is 12. The Bertz CT molecular complexity index is 2020. The van der Waals surface area contributed by atoms with E-state index in [9.17, 15) is 18.8 Å². The highest BCUT2D eigenvalue weighted by Crippen LogP contribution is 2.36. The smallest absolute Gasteiger partial charge is 0.343 e. The maximum Gasteiger partial charge on any atom is 0.343 e. The second-order valence-corrected chi connectivity index (χ2v) is 11.2. The van der Waals surface area contributed by atoms with Gasteiger partial charge in [-0.05, 0) is 56.7 Å². The quantitative estimate of drug-likeness (QED) is 0.205. The van der Waals surface area contributed by atoms with Gasteiger partial charge < -0.3 is 23.7 Å². The lowest BCUT2D eigenvalue weighted by atomic mass is 9.95. The fourth-order valence-electron chi connectivity index (χ4n) is 5.03. The summed E-state index contributed by atoms with van der Waals surface area (Å²) in [4.78, 5) is 44.2. The second-order valence-electron chi connectivity index (χ2n) is 10.2. The standard InChI is InChI=1S/C35H33FN2O8S/c1-5-43-28-17-23(15-16-27(28)46-20-30(39)42-4)32-31(34(41)44-6-2)21(3)37-35-38(32)33(40)29(47-35)18-22-11-8-10-14-26(22)45-19-24-12-7-9-13-25(24)36/h7-18,32H,5-6,19-20H2,1-4H3/b29-18-/t32-/m1/s1. The summed E-state index contributed by atoms with van der Waals surface area (Å²) in [6.45, 7) is 5.28. The van der Waals surface area contributed by atoms with Crippen LogP contribution in [0, 0.1) is 5.82 Å². The molecule has 10 nitrogen and oxygen atoms in total. The van der Waals surface area contributed by atoms with E-state index in [1.165, 1.54) is 17.7 Å². The van der Waals surface area contributed by atoms with Crippen LogP contribution in [0.4, 0.5) is 4.39 Å². The number of carbonyl (C=O) groups excluding carboxylic acids is 2. The van der Waals surface area contributed by atoms with Crippen LogP contribution in [0.1, 0.15) is 43.5 Å². The minimum absolute atomic E-state index is 0.00236. The van der Waals surface area contributed by atoms with E-state index in [-0.39, 0.29) is 36.8 Å². The third-order valence-corrected chi connectivity index (χ3v) is 8.20. The molecule has 3 aromatic carbocycles. The Kier molecular flexibility index (Phi) is 10.5.